The third-order valence-corrected chi connectivity index (χ3v) is 1.81. The van der Waals surface area contributed by atoms with E-state index in [1.807, 2.05) is 0 Å². The second-order valence-electron chi connectivity index (χ2n) is 2.72. The van der Waals surface area contributed by atoms with Crippen LogP contribution in [-0.2, 0) is 0 Å². The molecule has 0 bridgehead atoms. The Bertz CT molecular complexity index is 417. The molecule has 0 aromatic heterocycles. The van der Waals surface area contributed by atoms with E-state index in [-0.39, 0.29) is 11.1 Å². The van der Waals surface area contributed by atoms with Crippen molar-refractivity contribution < 1.29 is 14.1 Å². The summed E-state index contributed by atoms with van der Waals surface area (Å²) in [4.78, 5) is 20.3. The van der Waals surface area contributed by atoms with E-state index in [0.29, 0.717) is 0 Å². The van der Waals surface area contributed by atoms with Gasteiger partial charge in [-0.1, -0.05) is 0 Å². The van der Waals surface area contributed by atoms with E-state index in [9.17, 15) is 19.3 Å². The summed E-state index contributed by atoms with van der Waals surface area (Å²) < 4.78 is 13.0. The van der Waals surface area contributed by atoms with Crippen LogP contribution in [0.25, 0.3) is 0 Å². The van der Waals surface area contributed by atoms with Crippen molar-refractivity contribution in [2.45, 2.75) is 6.92 Å². The SMILES string of the molecule is Cc1c(F)cc([N+](=O)[O-])cc1C(N)=O. The smallest absolute Gasteiger partial charge is 0.273 e. The van der Waals surface area contributed by atoms with Crippen LogP contribution in [0.1, 0.15) is 15.9 Å². The van der Waals surface area contributed by atoms with Crippen molar-refractivity contribution >= 4 is 11.6 Å². The maximum absolute atomic E-state index is 13.0. The molecule has 6 heteroatoms. The van der Waals surface area contributed by atoms with Crippen molar-refractivity contribution in [2.75, 3.05) is 0 Å². The third kappa shape index (κ3) is 1.68. The van der Waals surface area contributed by atoms with Crippen LogP contribution in [0.4, 0.5) is 10.1 Å². The van der Waals surface area contributed by atoms with E-state index >= 15 is 0 Å². The van der Waals surface area contributed by atoms with Crippen LogP contribution in [0, 0.1) is 22.9 Å². The first-order chi connectivity index (χ1) is 6.43. The molecule has 0 spiro atoms. The normalized spacial score (nSPS) is 9.86. The van der Waals surface area contributed by atoms with Gasteiger partial charge >= 0.3 is 0 Å². The molecule has 0 fully saturated rings. The number of rotatable bonds is 2. The first kappa shape index (κ1) is 10.1. The second-order valence-corrected chi connectivity index (χ2v) is 2.72. The Kier molecular flexibility index (Phi) is 2.46. The topological polar surface area (TPSA) is 86.2 Å². The molecule has 1 amide bonds. The molecule has 5 nitrogen and oxygen atoms in total. The monoisotopic (exact) mass is 198 g/mol. The molecule has 14 heavy (non-hydrogen) atoms. The predicted octanol–water partition coefficient (Wildman–Crippen LogP) is 1.14. The highest BCUT2D eigenvalue weighted by molar-refractivity contribution is 5.95. The number of carbonyl (C=O) groups excluding carboxylic acids is 1. The van der Waals surface area contributed by atoms with Crippen molar-refractivity contribution in [3.8, 4) is 0 Å². The number of carbonyl (C=O) groups is 1. The van der Waals surface area contributed by atoms with Gasteiger partial charge < -0.3 is 5.73 Å². The fraction of sp³-hybridized carbons (Fsp3) is 0.125. The van der Waals surface area contributed by atoms with E-state index in [4.69, 9.17) is 5.73 Å². The Morgan fingerprint density at radius 3 is 2.57 bits per heavy atom. The lowest BCUT2D eigenvalue weighted by atomic mass is 10.1. The van der Waals surface area contributed by atoms with Gasteiger partial charge in [-0.3, -0.25) is 14.9 Å². The van der Waals surface area contributed by atoms with Gasteiger partial charge in [0.05, 0.1) is 16.6 Å². The van der Waals surface area contributed by atoms with E-state index in [1.54, 1.807) is 0 Å². The Labute approximate surface area is 78.5 Å². The lowest BCUT2D eigenvalue weighted by Crippen LogP contribution is -2.14. The molecule has 0 aliphatic heterocycles. The summed E-state index contributed by atoms with van der Waals surface area (Å²) in [6, 6.07) is 1.71. The summed E-state index contributed by atoms with van der Waals surface area (Å²) in [6.07, 6.45) is 0. The summed E-state index contributed by atoms with van der Waals surface area (Å²) >= 11 is 0. The molecule has 74 valence electrons. The van der Waals surface area contributed by atoms with Crippen molar-refractivity contribution in [2.24, 2.45) is 5.73 Å². The summed E-state index contributed by atoms with van der Waals surface area (Å²) in [5.74, 6) is -1.70. The van der Waals surface area contributed by atoms with Crippen LogP contribution in [0.5, 0.6) is 0 Å². The van der Waals surface area contributed by atoms with Crippen molar-refractivity contribution in [3.05, 3.63) is 39.2 Å². The minimum Gasteiger partial charge on any atom is -0.366 e. The molecule has 1 rings (SSSR count). The lowest BCUT2D eigenvalue weighted by molar-refractivity contribution is -0.385. The van der Waals surface area contributed by atoms with Crippen LogP contribution in [-0.4, -0.2) is 10.8 Å². The molecule has 0 aliphatic carbocycles. The molecular formula is C8H7FN2O3. The Hall–Kier alpha value is -1.98. The van der Waals surface area contributed by atoms with Crippen LogP contribution < -0.4 is 5.73 Å². The standard InChI is InChI=1S/C8H7FN2O3/c1-4-6(8(10)12)2-5(11(13)14)3-7(4)9/h2-3H,1H3,(H2,10,12). The zero-order valence-corrected chi connectivity index (χ0v) is 7.28. The highest BCUT2D eigenvalue weighted by Crippen LogP contribution is 2.20. The van der Waals surface area contributed by atoms with Gasteiger partial charge in [-0.2, -0.15) is 0 Å². The van der Waals surface area contributed by atoms with Gasteiger partial charge in [0.2, 0.25) is 5.91 Å². The minimum atomic E-state index is -0.884. The van der Waals surface area contributed by atoms with Crippen molar-refractivity contribution in [3.63, 3.8) is 0 Å². The molecule has 0 saturated heterocycles. The van der Waals surface area contributed by atoms with Crippen LogP contribution in [0.3, 0.4) is 0 Å². The molecule has 0 atom stereocenters. The number of non-ortho nitro benzene ring substituents is 1. The number of nitrogens with two attached hydrogens (primary N) is 1. The van der Waals surface area contributed by atoms with Gasteiger partial charge in [-0.25, -0.2) is 4.39 Å². The average molecular weight is 198 g/mol. The maximum Gasteiger partial charge on any atom is 0.273 e. The van der Waals surface area contributed by atoms with Gasteiger partial charge in [-0.15, -0.1) is 0 Å². The van der Waals surface area contributed by atoms with E-state index in [2.05, 4.69) is 0 Å². The van der Waals surface area contributed by atoms with E-state index < -0.39 is 22.3 Å². The van der Waals surface area contributed by atoms with Crippen LogP contribution in [0.15, 0.2) is 12.1 Å². The number of nitrogens with zero attached hydrogens (tertiary/aromatic N) is 1. The number of hydrogen-bond donors (Lipinski definition) is 1. The second kappa shape index (κ2) is 3.41. The number of amides is 1. The fourth-order valence-electron chi connectivity index (χ4n) is 1.03. The number of hydrogen-bond acceptors (Lipinski definition) is 3. The number of benzene rings is 1. The number of halogens is 1. The predicted molar refractivity (Wildman–Crippen MR) is 46.3 cm³/mol. The van der Waals surface area contributed by atoms with E-state index in [0.717, 1.165) is 12.1 Å². The molecule has 0 saturated carbocycles. The molecule has 0 heterocycles. The Morgan fingerprint density at radius 1 is 1.57 bits per heavy atom. The number of nitro benzene ring substituents is 1. The number of primary amides is 1. The molecule has 0 radical (unpaired) electrons. The first-order valence-corrected chi connectivity index (χ1v) is 3.68. The zero-order valence-electron chi connectivity index (χ0n) is 7.28. The van der Waals surface area contributed by atoms with E-state index in [1.165, 1.54) is 6.92 Å². The highest BCUT2D eigenvalue weighted by atomic mass is 19.1. The van der Waals surface area contributed by atoms with Crippen molar-refractivity contribution in [1.29, 1.82) is 0 Å². The van der Waals surface area contributed by atoms with Gasteiger partial charge in [0.1, 0.15) is 5.82 Å². The zero-order chi connectivity index (χ0) is 10.9. The molecule has 2 N–H and O–H groups in total. The molecule has 0 aliphatic rings. The van der Waals surface area contributed by atoms with Gasteiger partial charge in [-0.05, 0) is 12.5 Å². The number of nitro groups is 1. The average Bonchev–Trinajstić information content (AvgIpc) is 2.08. The van der Waals surface area contributed by atoms with Gasteiger partial charge in [0.15, 0.2) is 0 Å². The van der Waals surface area contributed by atoms with Crippen molar-refractivity contribution in [1.82, 2.24) is 0 Å². The first-order valence-electron chi connectivity index (χ1n) is 3.68. The summed E-state index contributed by atoms with van der Waals surface area (Å²) in [5, 5.41) is 10.3. The molecule has 0 unspecified atom stereocenters. The highest BCUT2D eigenvalue weighted by Gasteiger charge is 2.16. The Balaban J connectivity index is 3.43. The molecule has 1 aromatic rings. The fourth-order valence-corrected chi connectivity index (χ4v) is 1.03. The molecular weight excluding hydrogens is 191 g/mol. The summed E-state index contributed by atoms with van der Waals surface area (Å²) in [5.41, 5.74) is 4.29. The van der Waals surface area contributed by atoms with Crippen LogP contribution >= 0.6 is 0 Å². The summed E-state index contributed by atoms with van der Waals surface area (Å²) in [6.45, 7) is 1.33. The minimum absolute atomic E-state index is 0.0168. The Morgan fingerprint density at radius 2 is 2.14 bits per heavy atom. The largest absolute Gasteiger partial charge is 0.366 e. The van der Waals surface area contributed by atoms with Gasteiger partial charge in [0.25, 0.3) is 5.69 Å². The quantitative estimate of drug-likeness (QED) is 0.571. The van der Waals surface area contributed by atoms with Crippen LogP contribution in [0.2, 0.25) is 0 Å². The maximum atomic E-state index is 13.0. The van der Waals surface area contributed by atoms with Gasteiger partial charge in [0, 0.05) is 6.07 Å². The summed E-state index contributed by atoms with van der Waals surface area (Å²) in [7, 11) is 0. The molecule has 1 aromatic carbocycles. The third-order valence-electron chi connectivity index (χ3n) is 1.81. The lowest BCUT2D eigenvalue weighted by Gasteiger charge is -2.02.